The van der Waals surface area contributed by atoms with Crippen LogP contribution in [0.25, 0.3) is 0 Å². The number of phenols is 1. The van der Waals surface area contributed by atoms with Crippen molar-refractivity contribution in [3.8, 4) is 5.75 Å². The number of phenolic OH excluding ortho intramolecular Hbond substituents is 1. The lowest BCUT2D eigenvalue weighted by Gasteiger charge is -2.15. The average Bonchev–Trinajstić information content (AvgIpc) is 2.61. The molecule has 0 saturated heterocycles. The molecule has 2 N–H and O–H groups in total. The highest BCUT2D eigenvalue weighted by Crippen LogP contribution is 2.26. The summed E-state index contributed by atoms with van der Waals surface area (Å²) >= 11 is 3.22. The third kappa shape index (κ3) is 5.06. The van der Waals surface area contributed by atoms with Crippen LogP contribution in [0.4, 0.5) is 5.69 Å². The Hall–Kier alpha value is -2.34. The highest BCUT2D eigenvalue weighted by atomic mass is 79.9. The quantitative estimate of drug-likeness (QED) is 0.695. The third-order valence-electron chi connectivity index (χ3n) is 3.89. The number of anilines is 1. The van der Waals surface area contributed by atoms with Crippen molar-refractivity contribution in [2.45, 2.75) is 26.2 Å². The van der Waals surface area contributed by atoms with E-state index in [1.807, 2.05) is 24.3 Å². The predicted molar refractivity (Wildman–Crippen MR) is 99.9 cm³/mol. The lowest BCUT2D eigenvalue weighted by atomic mass is 9.97. The maximum absolute atomic E-state index is 12.1. The third-order valence-corrected chi connectivity index (χ3v) is 4.38. The molecule has 1 amide bonds. The van der Waals surface area contributed by atoms with Crippen LogP contribution in [0.5, 0.6) is 5.75 Å². The number of hydrogen-bond acceptors (Lipinski definition) is 4. The number of halogens is 1. The molecule has 132 valence electrons. The highest BCUT2D eigenvalue weighted by molar-refractivity contribution is 9.10. The summed E-state index contributed by atoms with van der Waals surface area (Å²) in [6.45, 7) is 3.73. The molecule has 0 saturated carbocycles. The molecular weight excluding hydrogens is 386 g/mol. The normalized spacial score (nSPS) is 11.6. The SMILES string of the molecule is CC[C@@H](C)c1ccccc1NC(=O)COC(=O)c1cc(Br)ccc1O. The van der Waals surface area contributed by atoms with E-state index >= 15 is 0 Å². The van der Waals surface area contributed by atoms with E-state index < -0.39 is 18.5 Å². The van der Waals surface area contributed by atoms with Gasteiger partial charge in [0.25, 0.3) is 5.91 Å². The molecule has 0 unspecified atom stereocenters. The second-order valence-corrected chi connectivity index (χ2v) is 6.60. The summed E-state index contributed by atoms with van der Waals surface area (Å²) in [7, 11) is 0. The molecule has 0 radical (unpaired) electrons. The van der Waals surface area contributed by atoms with Crippen molar-refractivity contribution >= 4 is 33.5 Å². The summed E-state index contributed by atoms with van der Waals surface area (Å²) in [6.07, 6.45) is 0.948. The minimum absolute atomic E-state index is 0.00202. The van der Waals surface area contributed by atoms with Gasteiger partial charge in [-0.15, -0.1) is 0 Å². The number of nitrogens with one attached hydrogen (secondary N) is 1. The van der Waals surface area contributed by atoms with E-state index in [9.17, 15) is 14.7 Å². The van der Waals surface area contributed by atoms with Crippen molar-refractivity contribution < 1.29 is 19.4 Å². The van der Waals surface area contributed by atoms with Crippen LogP contribution in [-0.2, 0) is 9.53 Å². The van der Waals surface area contributed by atoms with Crippen molar-refractivity contribution in [1.29, 1.82) is 0 Å². The summed E-state index contributed by atoms with van der Waals surface area (Å²) in [5.74, 6) is -1.09. The fourth-order valence-electron chi connectivity index (χ4n) is 2.33. The Labute approximate surface area is 155 Å². The van der Waals surface area contributed by atoms with Crippen LogP contribution in [0.15, 0.2) is 46.9 Å². The number of ether oxygens (including phenoxy) is 1. The van der Waals surface area contributed by atoms with Crippen LogP contribution >= 0.6 is 15.9 Å². The number of carbonyl (C=O) groups is 2. The molecule has 25 heavy (non-hydrogen) atoms. The van der Waals surface area contributed by atoms with E-state index in [1.54, 1.807) is 6.07 Å². The molecule has 1 atom stereocenters. The van der Waals surface area contributed by atoms with Gasteiger partial charge in [0, 0.05) is 10.2 Å². The van der Waals surface area contributed by atoms with E-state index in [4.69, 9.17) is 4.74 Å². The van der Waals surface area contributed by atoms with Gasteiger partial charge in [-0.25, -0.2) is 4.79 Å². The van der Waals surface area contributed by atoms with Gasteiger partial charge >= 0.3 is 5.97 Å². The number of aromatic hydroxyl groups is 1. The number of benzene rings is 2. The summed E-state index contributed by atoms with van der Waals surface area (Å²) in [5.41, 5.74) is 1.75. The van der Waals surface area contributed by atoms with Crippen LogP contribution in [0, 0.1) is 0 Å². The minimum atomic E-state index is -0.760. The molecule has 2 aromatic carbocycles. The van der Waals surface area contributed by atoms with Crippen LogP contribution in [0.1, 0.15) is 42.1 Å². The Balaban J connectivity index is 2.00. The van der Waals surface area contributed by atoms with Gasteiger partial charge in [-0.05, 0) is 42.2 Å². The molecule has 5 nitrogen and oxygen atoms in total. The van der Waals surface area contributed by atoms with Crippen molar-refractivity contribution in [2.75, 3.05) is 11.9 Å². The zero-order chi connectivity index (χ0) is 18.4. The smallest absolute Gasteiger partial charge is 0.342 e. The van der Waals surface area contributed by atoms with E-state index in [0.29, 0.717) is 16.1 Å². The van der Waals surface area contributed by atoms with Gasteiger partial charge in [0.2, 0.25) is 0 Å². The van der Waals surface area contributed by atoms with Crippen molar-refractivity contribution in [3.05, 3.63) is 58.1 Å². The summed E-state index contributed by atoms with van der Waals surface area (Å²) < 4.78 is 5.62. The summed E-state index contributed by atoms with van der Waals surface area (Å²) in [5, 5.41) is 12.5. The largest absolute Gasteiger partial charge is 0.507 e. The van der Waals surface area contributed by atoms with E-state index in [2.05, 4.69) is 35.1 Å². The summed E-state index contributed by atoms with van der Waals surface area (Å²) in [4.78, 5) is 24.1. The zero-order valence-electron chi connectivity index (χ0n) is 14.1. The number of rotatable bonds is 6. The van der Waals surface area contributed by atoms with Crippen molar-refractivity contribution in [1.82, 2.24) is 0 Å². The first-order chi connectivity index (χ1) is 11.9. The van der Waals surface area contributed by atoms with Crippen LogP contribution in [0.3, 0.4) is 0 Å². The van der Waals surface area contributed by atoms with Crippen molar-refractivity contribution in [3.63, 3.8) is 0 Å². The molecule has 0 spiro atoms. The first-order valence-electron chi connectivity index (χ1n) is 7.96. The molecule has 0 aliphatic heterocycles. The average molecular weight is 406 g/mol. The zero-order valence-corrected chi connectivity index (χ0v) is 15.7. The van der Waals surface area contributed by atoms with Gasteiger partial charge < -0.3 is 15.2 Å². The molecule has 0 aliphatic carbocycles. The van der Waals surface area contributed by atoms with Crippen molar-refractivity contribution in [2.24, 2.45) is 0 Å². The first kappa shape index (κ1) is 19.0. The maximum atomic E-state index is 12.1. The van der Waals surface area contributed by atoms with Gasteiger partial charge in [-0.3, -0.25) is 4.79 Å². The minimum Gasteiger partial charge on any atom is -0.507 e. The van der Waals surface area contributed by atoms with Gasteiger partial charge in [-0.2, -0.15) is 0 Å². The lowest BCUT2D eigenvalue weighted by molar-refractivity contribution is -0.119. The number of carbonyl (C=O) groups excluding carboxylic acids is 2. The Morgan fingerprint density at radius 2 is 1.96 bits per heavy atom. The topological polar surface area (TPSA) is 75.6 Å². The monoisotopic (exact) mass is 405 g/mol. The van der Waals surface area contributed by atoms with Gasteiger partial charge in [0.15, 0.2) is 6.61 Å². The Bertz CT molecular complexity index is 776. The summed E-state index contributed by atoms with van der Waals surface area (Å²) in [6, 6.07) is 12.0. The molecule has 2 rings (SSSR count). The molecule has 0 bridgehead atoms. The van der Waals surface area contributed by atoms with Crippen LogP contribution in [-0.4, -0.2) is 23.6 Å². The molecule has 0 heterocycles. The van der Waals surface area contributed by atoms with Crippen LogP contribution < -0.4 is 5.32 Å². The molecule has 0 fully saturated rings. The first-order valence-corrected chi connectivity index (χ1v) is 8.76. The number of esters is 1. The Morgan fingerprint density at radius 1 is 1.24 bits per heavy atom. The Kier molecular flexibility index (Phi) is 6.58. The Morgan fingerprint density at radius 3 is 2.68 bits per heavy atom. The maximum Gasteiger partial charge on any atom is 0.342 e. The molecule has 0 aliphatic rings. The second-order valence-electron chi connectivity index (χ2n) is 5.68. The standard InChI is InChI=1S/C19H20BrNO4/c1-3-12(2)14-6-4-5-7-16(14)21-18(23)11-25-19(24)15-10-13(20)8-9-17(15)22/h4-10,12,22H,3,11H2,1-2H3,(H,21,23)/t12-/m1/s1. The fraction of sp³-hybridized carbons (Fsp3) is 0.263. The number of para-hydroxylation sites is 1. The highest BCUT2D eigenvalue weighted by Gasteiger charge is 2.16. The predicted octanol–water partition coefficient (Wildman–Crippen LogP) is 4.46. The second kappa shape index (κ2) is 8.67. The van der Waals surface area contributed by atoms with Gasteiger partial charge in [-0.1, -0.05) is 48.0 Å². The van der Waals surface area contributed by atoms with E-state index in [-0.39, 0.29) is 11.3 Å². The molecular formula is C19H20BrNO4. The molecule has 2 aromatic rings. The lowest BCUT2D eigenvalue weighted by Crippen LogP contribution is -2.21. The van der Waals surface area contributed by atoms with Gasteiger partial charge in [0.05, 0.1) is 0 Å². The van der Waals surface area contributed by atoms with Gasteiger partial charge in [0.1, 0.15) is 11.3 Å². The van der Waals surface area contributed by atoms with E-state index in [1.165, 1.54) is 12.1 Å². The fourth-order valence-corrected chi connectivity index (χ4v) is 2.69. The molecule has 0 aromatic heterocycles. The number of amides is 1. The molecule has 6 heteroatoms. The van der Waals surface area contributed by atoms with Crippen LogP contribution in [0.2, 0.25) is 0 Å². The van der Waals surface area contributed by atoms with E-state index in [0.717, 1.165) is 12.0 Å². The number of hydrogen-bond donors (Lipinski definition) is 2.